The zero-order valence-corrected chi connectivity index (χ0v) is 27.3. The van der Waals surface area contributed by atoms with Gasteiger partial charge in [0.15, 0.2) is 0 Å². The summed E-state index contributed by atoms with van der Waals surface area (Å²) in [7, 11) is 0. The van der Waals surface area contributed by atoms with Gasteiger partial charge in [0.25, 0.3) is 0 Å². The molecule has 0 saturated heterocycles. The Morgan fingerprint density at radius 1 is 0.561 bits per heavy atom. The van der Waals surface area contributed by atoms with Crippen LogP contribution in [0, 0.1) is 5.92 Å². The van der Waals surface area contributed by atoms with E-state index in [1.54, 1.807) is 0 Å². The molecular formula is C35H67NO5. The summed E-state index contributed by atoms with van der Waals surface area (Å²) in [5.74, 6) is -1.31. The van der Waals surface area contributed by atoms with Crippen LogP contribution in [0.1, 0.15) is 188 Å². The Morgan fingerprint density at radius 3 is 1.41 bits per heavy atom. The molecule has 0 fully saturated rings. The van der Waals surface area contributed by atoms with Crippen molar-refractivity contribution in [2.24, 2.45) is 5.92 Å². The first-order valence-corrected chi connectivity index (χ1v) is 17.6. The maximum atomic E-state index is 13.0. The fourth-order valence-corrected chi connectivity index (χ4v) is 5.42. The van der Waals surface area contributed by atoms with Gasteiger partial charge in [-0.1, -0.05) is 149 Å². The van der Waals surface area contributed by atoms with Crippen molar-refractivity contribution in [2.45, 2.75) is 194 Å². The molecule has 0 heterocycles. The molecule has 6 nitrogen and oxygen atoms in total. The van der Waals surface area contributed by atoms with Gasteiger partial charge in [-0.25, -0.2) is 4.79 Å². The van der Waals surface area contributed by atoms with Crippen molar-refractivity contribution in [3.05, 3.63) is 0 Å². The summed E-state index contributed by atoms with van der Waals surface area (Å²) < 4.78 is 5.74. The van der Waals surface area contributed by atoms with Crippen LogP contribution in [-0.4, -0.2) is 35.6 Å². The Balaban J connectivity index is 4.64. The Hall–Kier alpha value is -1.59. The van der Waals surface area contributed by atoms with Crippen molar-refractivity contribution in [3.63, 3.8) is 0 Å². The Labute approximate surface area is 253 Å². The quantitative estimate of drug-likeness (QED) is 0.0628. The summed E-state index contributed by atoms with van der Waals surface area (Å²) in [6, 6.07) is -0.888. The molecule has 0 aliphatic heterocycles. The van der Waals surface area contributed by atoms with Crippen molar-refractivity contribution >= 4 is 17.8 Å². The molecule has 6 heteroatoms. The zero-order valence-electron chi connectivity index (χ0n) is 27.3. The van der Waals surface area contributed by atoms with Gasteiger partial charge in [-0.15, -0.1) is 0 Å². The number of esters is 1. The van der Waals surface area contributed by atoms with Gasteiger partial charge < -0.3 is 15.2 Å². The molecule has 0 aliphatic rings. The molecule has 242 valence electrons. The normalized spacial score (nSPS) is 12.0. The molecule has 0 bridgehead atoms. The van der Waals surface area contributed by atoms with Gasteiger partial charge in [0.2, 0.25) is 5.91 Å². The fraction of sp³-hybridized carbons (Fsp3) is 0.914. The SMILES string of the molecule is CCCCCCCCCCCC(=O)N[C@@H](CCC(=O)O)C(=O)OCC(CCCCCCCC)CCCCCCCC. The summed E-state index contributed by atoms with van der Waals surface area (Å²) >= 11 is 0. The summed E-state index contributed by atoms with van der Waals surface area (Å²) in [4.78, 5) is 36.8. The number of unbranched alkanes of at least 4 members (excludes halogenated alkanes) is 18. The third-order valence-corrected chi connectivity index (χ3v) is 8.17. The highest BCUT2D eigenvalue weighted by Gasteiger charge is 2.24. The molecule has 0 aromatic heterocycles. The first-order valence-electron chi connectivity index (χ1n) is 17.6. The number of aliphatic carboxylic acids is 1. The van der Waals surface area contributed by atoms with Gasteiger partial charge in [0.1, 0.15) is 6.04 Å². The number of carboxylic acids is 1. The summed E-state index contributed by atoms with van der Waals surface area (Å²) in [5, 5.41) is 12.0. The van der Waals surface area contributed by atoms with Crippen LogP contribution >= 0.6 is 0 Å². The molecule has 0 spiro atoms. The predicted octanol–water partition coefficient (Wildman–Crippen LogP) is 9.92. The first kappa shape index (κ1) is 39.4. The second kappa shape index (κ2) is 29.9. The number of hydrogen-bond donors (Lipinski definition) is 2. The molecule has 1 atom stereocenters. The summed E-state index contributed by atoms with van der Waals surface area (Å²) in [6.45, 7) is 7.05. The maximum Gasteiger partial charge on any atom is 0.328 e. The number of nitrogens with one attached hydrogen (secondary N) is 1. The van der Waals surface area contributed by atoms with E-state index in [9.17, 15) is 19.5 Å². The van der Waals surface area contributed by atoms with Gasteiger partial charge in [0, 0.05) is 12.8 Å². The average Bonchev–Trinajstić information content (AvgIpc) is 2.95. The van der Waals surface area contributed by atoms with Gasteiger partial charge in [-0.3, -0.25) is 9.59 Å². The monoisotopic (exact) mass is 582 g/mol. The third kappa shape index (κ3) is 27.0. The lowest BCUT2D eigenvalue weighted by atomic mass is 9.94. The van der Waals surface area contributed by atoms with E-state index in [0.717, 1.165) is 44.9 Å². The van der Waals surface area contributed by atoms with Crippen LogP contribution < -0.4 is 5.32 Å². The molecule has 0 aromatic rings. The second-order valence-corrected chi connectivity index (χ2v) is 12.2. The van der Waals surface area contributed by atoms with E-state index in [1.807, 2.05) is 0 Å². The van der Waals surface area contributed by atoms with Crippen LogP contribution in [0.4, 0.5) is 0 Å². The lowest BCUT2D eigenvalue weighted by Gasteiger charge is -2.21. The van der Waals surface area contributed by atoms with E-state index in [-0.39, 0.29) is 18.7 Å². The van der Waals surface area contributed by atoms with Crippen LogP contribution in [0.2, 0.25) is 0 Å². The number of rotatable bonds is 31. The van der Waals surface area contributed by atoms with E-state index >= 15 is 0 Å². The third-order valence-electron chi connectivity index (χ3n) is 8.17. The molecule has 1 amide bonds. The average molecular weight is 582 g/mol. The smallest absolute Gasteiger partial charge is 0.328 e. The molecule has 0 aromatic carbocycles. The van der Waals surface area contributed by atoms with Crippen molar-refractivity contribution in [3.8, 4) is 0 Å². The number of carboxylic acid groups (broad SMARTS) is 1. The number of carbonyl (C=O) groups excluding carboxylic acids is 2. The lowest BCUT2D eigenvalue weighted by Crippen LogP contribution is -2.42. The molecular weight excluding hydrogens is 514 g/mol. The largest absolute Gasteiger partial charge is 0.481 e. The van der Waals surface area contributed by atoms with E-state index in [4.69, 9.17) is 4.74 Å². The molecule has 0 unspecified atom stereocenters. The first-order chi connectivity index (χ1) is 19.9. The molecule has 41 heavy (non-hydrogen) atoms. The standard InChI is InChI=1S/C35H67NO5/c1-4-7-10-13-16-17-18-21-24-27-33(37)36-32(28-29-34(38)39)35(40)41-30-31(25-22-19-14-11-8-5-2)26-23-20-15-12-9-6-3/h31-32H,4-30H2,1-3H3,(H,36,37)(H,38,39)/t32-/m0/s1. The van der Waals surface area contributed by atoms with Crippen molar-refractivity contribution in [2.75, 3.05) is 6.61 Å². The Bertz CT molecular complexity index is 608. The topological polar surface area (TPSA) is 92.7 Å². The van der Waals surface area contributed by atoms with Crippen molar-refractivity contribution in [1.29, 1.82) is 0 Å². The minimum Gasteiger partial charge on any atom is -0.481 e. The number of amides is 1. The minimum absolute atomic E-state index is 0.0667. The fourth-order valence-electron chi connectivity index (χ4n) is 5.42. The van der Waals surface area contributed by atoms with E-state index in [2.05, 4.69) is 26.1 Å². The van der Waals surface area contributed by atoms with Crippen molar-refractivity contribution in [1.82, 2.24) is 5.32 Å². The van der Waals surface area contributed by atoms with Gasteiger partial charge in [-0.2, -0.15) is 0 Å². The molecule has 0 saturated carbocycles. The summed E-state index contributed by atoms with van der Waals surface area (Å²) in [5.41, 5.74) is 0. The number of ether oxygens (including phenoxy) is 1. The molecule has 0 aliphatic carbocycles. The van der Waals surface area contributed by atoms with E-state index in [1.165, 1.54) is 103 Å². The maximum absolute atomic E-state index is 13.0. The van der Waals surface area contributed by atoms with E-state index in [0.29, 0.717) is 18.9 Å². The Morgan fingerprint density at radius 2 is 0.976 bits per heavy atom. The van der Waals surface area contributed by atoms with Crippen molar-refractivity contribution < 1.29 is 24.2 Å². The summed E-state index contributed by atoms with van der Waals surface area (Å²) in [6.07, 6.45) is 27.9. The molecule has 2 N–H and O–H groups in total. The van der Waals surface area contributed by atoms with Gasteiger partial charge in [-0.05, 0) is 31.6 Å². The highest BCUT2D eigenvalue weighted by molar-refractivity contribution is 5.84. The number of carbonyl (C=O) groups is 3. The predicted molar refractivity (Wildman–Crippen MR) is 171 cm³/mol. The van der Waals surface area contributed by atoms with Gasteiger partial charge >= 0.3 is 11.9 Å². The van der Waals surface area contributed by atoms with Crippen LogP contribution in [0.5, 0.6) is 0 Å². The van der Waals surface area contributed by atoms with Crippen LogP contribution in [0.3, 0.4) is 0 Å². The van der Waals surface area contributed by atoms with Crippen LogP contribution in [0.15, 0.2) is 0 Å². The highest BCUT2D eigenvalue weighted by Crippen LogP contribution is 2.20. The highest BCUT2D eigenvalue weighted by atomic mass is 16.5. The van der Waals surface area contributed by atoms with Crippen LogP contribution in [0.25, 0.3) is 0 Å². The Kier molecular flexibility index (Phi) is 28.7. The minimum atomic E-state index is -0.972. The van der Waals surface area contributed by atoms with Crippen LogP contribution in [-0.2, 0) is 19.1 Å². The van der Waals surface area contributed by atoms with E-state index < -0.39 is 18.0 Å². The zero-order chi connectivity index (χ0) is 30.4. The molecule has 0 rings (SSSR count). The lowest BCUT2D eigenvalue weighted by molar-refractivity contribution is -0.150. The van der Waals surface area contributed by atoms with Gasteiger partial charge in [0.05, 0.1) is 6.61 Å². The molecule has 0 radical (unpaired) electrons. The second-order valence-electron chi connectivity index (χ2n) is 12.2. The number of hydrogen-bond acceptors (Lipinski definition) is 4.